The van der Waals surface area contributed by atoms with E-state index in [-0.39, 0.29) is 33.6 Å². The van der Waals surface area contributed by atoms with Crippen molar-refractivity contribution >= 4 is 11.0 Å². The van der Waals surface area contributed by atoms with E-state index in [4.69, 9.17) is 32.8 Å². The zero-order chi connectivity index (χ0) is 38.3. The van der Waals surface area contributed by atoms with Crippen LogP contribution in [-0.4, -0.2) is 173 Å². The van der Waals surface area contributed by atoms with Gasteiger partial charge in [0.2, 0.25) is 18.0 Å². The van der Waals surface area contributed by atoms with Crippen LogP contribution in [0.3, 0.4) is 0 Å². The topological polar surface area (TPSA) is 328 Å². The summed E-state index contributed by atoms with van der Waals surface area (Å²) < 4.78 is 39.0. The fraction of sp³-hybridized carbons (Fsp3) is 0.545. The molecule has 3 fully saturated rings. The van der Waals surface area contributed by atoms with Crippen molar-refractivity contribution in [2.45, 2.75) is 92.1 Å². The maximum absolute atomic E-state index is 13.5. The lowest BCUT2D eigenvalue weighted by molar-refractivity contribution is -0.357. The average molecular weight is 757 g/mol. The highest BCUT2D eigenvalue weighted by Crippen LogP contribution is 2.34. The minimum absolute atomic E-state index is 0.00131. The van der Waals surface area contributed by atoms with Gasteiger partial charge >= 0.3 is 0 Å². The lowest BCUT2D eigenvalue weighted by Crippen LogP contribution is -2.65. The Hall–Kier alpha value is -3.55. The van der Waals surface area contributed by atoms with E-state index in [1.54, 1.807) is 0 Å². The van der Waals surface area contributed by atoms with Crippen molar-refractivity contribution in [3.8, 4) is 28.4 Å². The second-order valence-corrected chi connectivity index (χ2v) is 12.8. The number of aliphatic hydroxyl groups excluding tert-OH is 11. The van der Waals surface area contributed by atoms with Gasteiger partial charge in [0.1, 0.15) is 102 Å². The number of rotatable bonds is 10. The number of fused-ring (bicyclic) bond motifs is 1. The molecule has 2 aromatic carbocycles. The zero-order valence-electron chi connectivity index (χ0n) is 27.5. The quantitative estimate of drug-likeness (QED) is 0.0925. The molecular weight excluding hydrogens is 716 g/mol. The maximum Gasteiger partial charge on any atom is 0.229 e. The van der Waals surface area contributed by atoms with Gasteiger partial charge in [-0.25, -0.2) is 0 Å². The van der Waals surface area contributed by atoms with E-state index in [0.29, 0.717) is 0 Å². The third-order valence-corrected chi connectivity index (χ3v) is 9.31. The SMILES string of the molecule is O=c1c(-c2ccc(O[C@@H]3O[C@H](CO)[C@@H](O)[C@H](O)[C@H]3O[C@@H]3O[C@H](CO)[C@@H](O)[C@H](O)[C@H]3O)cc2)coc2cc(O[C@@H]3O[C@@H](CO)[C@@H](O)[C@H](O)[C@H]3O)cc(O)c12. The molecule has 0 amide bonds. The fourth-order valence-corrected chi connectivity index (χ4v) is 6.25. The van der Waals surface area contributed by atoms with Crippen LogP contribution in [0.4, 0.5) is 0 Å². The van der Waals surface area contributed by atoms with E-state index in [1.165, 1.54) is 30.3 Å². The number of aromatic hydroxyl groups is 1. The van der Waals surface area contributed by atoms with Crippen molar-refractivity contribution in [3.63, 3.8) is 0 Å². The average Bonchev–Trinajstić information content (AvgIpc) is 3.15. The Morgan fingerprint density at radius 2 is 1.09 bits per heavy atom. The van der Waals surface area contributed by atoms with Crippen LogP contribution in [0.25, 0.3) is 22.1 Å². The zero-order valence-corrected chi connectivity index (χ0v) is 27.5. The Bertz CT molecular complexity index is 1750. The predicted molar refractivity (Wildman–Crippen MR) is 171 cm³/mol. The normalized spacial score (nSPS) is 37.8. The summed E-state index contributed by atoms with van der Waals surface area (Å²) in [6.07, 6.45) is -23.2. The molecule has 12 N–H and O–H groups in total. The highest BCUT2D eigenvalue weighted by Gasteiger charge is 2.51. The molecule has 0 spiro atoms. The number of phenolic OH excluding ortho intramolecular Hbond substituents is 1. The van der Waals surface area contributed by atoms with E-state index in [9.17, 15) is 66.1 Å². The molecule has 53 heavy (non-hydrogen) atoms. The molecular formula is C33H40O20. The molecule has 0 bridgehead atoms. The summed E-state index contributed by atoms with van der Waals surface area (Å²) in [5.41, 5.74) is -0.504. The van der Waals surface area contributed by atoms with Gasteiger partial charge in [0.05, 0.1) is 25.4 Å². The number of benzene rings is 2. The van der Waals surface area contributed by atoms with Crippen molar-refractivity contribution in [3.05, 3.63) is 52.9 Å². The Labute approximate surface area is 298 Å². The molecule has 20 nitrogen and oxygen atoms in total. The summed E-state index contributed by atoms with van der Waals surface area (Å²) in [5, 5.41) is 122. The number of aliphatic hydroxyl groups is 11. The number of hydrogen-bond donors (Lipinski definition) is 12. The molecule has 6 rings (SSSR count). The first-order valence-electron chi connectivity index (χ1n) is 16.4. The number of hydrogen-bond acceptors (Lipinski definition) is 20. The Kier molecular flexibility index (Phi) is 11.9. The summed E-state index contributed by atoms with van der Waals surface area (Å²) in [6.45, 7) is -2.19. The molecule has 0 radical (unpaired) electrons. The van der Waals surface area contributed by atoms with Gasteiger partial charge < -0.3 is 94.1 Å². The van der Waals surface area contributed by atoms with E-state index in [2.05, 4.69) is 0 Å². The molecule has 3 aliphatic heterocycles. The van der Waals surface area contributed by atoms with Gasteiger partial charge in [-0.05, 0) is 17.7 Å². The first-order chi connectivity index (χ1) is 25.3. The van der Waals surface area contributed by atoms with Gasteiger partial charge in [-0.15, -0.1) is 0 Å². The van der Waals surface area contributed by atoms with Crippen molar-refractivity contribution in [1.82, 2.24) is 0 Å². The third kappa shape index (κ3) is 7.58. The maximum atomic E-state index is 13.5. The van der Waals surface area contributed by atoms with Crippen LogP contribution in [0, 0.1) is 0 Å². The van der Waals surface area contributed by atoms with Gasteiger partial charge in [0, 0.05) is 12.1 Å². The minimum atomic E-state index is -1.86. The second-order valence-electron chi connectivity index (χ2n) is 12.8. The molecule has 15 atom stereocenters. The molecule has 1 aromatic heterocycles. The molecule has 0 unspecified atom stereocenters. The molecule has 0 saturated carbocycles. The first-order valence-corrected chi connectivity index (χ1v) is 16.4. The fourth-order valence-electron chi connectivity index (χ4n) is 6.25. The van der Waals surface area contributed by atoms with Crippen molar-refractivity contribution in [2.24, 2.45) is 0 Å². The van der Waals surface area contributed by atoms with Gasteiger partial charge in [-0.2, -0.15) is 0 Å². The minimum Gasteiger partial charge on any atom is -0.507 e. The number of ether oxygens (including phenoxy) is 6. The van der Waals surface area contributed by atoms with Gasteiger partial charge in [-0.1, -0.05) is 12.1 Å². The lowest BCUT2D eigenvalue weighted by atomic mass is 9.97. The van der Waals surface area contributed by atoms with Crippen LogP contribution in [0.2, 0.25) is 0 Å². The molecule has 3 aliphatic rings. The molecule has 4 heterocycles. The van der Waals surface area contributed by atoms with Crippen molar-refractivity contribution in [2.75, 3.05) is 19.8 Å². The summed E-state index contributed by atoms with van der Waals surface area (Å²) in [5.74, 6) is -0.655. The summed E-state index contributed by atoms with van der Waals surface area (Å²) in [4.78, 5) is 13.5. The molecule has 20 heteroatoms. The number of phenols is 1. The van der Waals surface area contributed by atoms with Crippen LogP contribution in [0.5, 0.6) is 17.2 Å². The highest BCUT2D eigenvalue weighted by atomic mass is 16.8. The lowest BCUT2D eigenvalue weighted by Gasteiger charge is -2.45. The molecule has 0 aliphatic carbocycles. The van der Waals surface area contributed by atoms with E-state index < -0.39 is 123 Å². The first kappa shape index (κ1) is 39.2. The molecule has 292 valence electrons. The van der Waals surface area contributed by atoms with Crippen LogP contribution in [0.15, 0.2) is 51.9 Å². The Balaban J connectivity index is 1.20. The molecule has 3 saturated heterocycles. The van der Waals surface area contributed by atoms with Crippen LogP contribution in [0.1, 0.15) is 0 Å². The van der Waals surface area contributed by atoms with Gasteiger partial charge in [-0.3, -0.25) is 4.79 Å². The summed E-state index contributed by atoms with van der Waals surface area (Å²) in [7, 11) is 0. The van der Waals surface area contributed by atoms with Crippen molar-refractivity contribution in [1.29, 1.82) is 0 Å². The van der Waals surface area contributed by atoms with Gasteiger partial charge in [0.25, 0.3) is 0 Å². The smallest absolute Gasteiger partial charge is 0.229 e. The highest BCUT2D eigenvalue weighted by molar-refractivity contribution is 5.88. The van der Waals surface area contributed by atoms with E-state index >= 15 is 0 Å². The third-order valence-electron chi connectivity index (χ3n) is 9.31. The summed E-state index contributed by atoms with van der Waals surface area (Å²) in [6, 6.07) is 7.90. The van der Waals surface area contributed by atoms with Crippen LogP contribution < -0.4 is 14.9 Å². The largest absolute Gasteiger partial charge is 0.507 e. The van der Waals surface area contributed by atoms with Crippen molar-refractivity contribution < 1.29 is 94.1 Å². The van der Waals surface area contributed by atoms with E-state index in [0.717, 1.165) is 12.3 Å². The molecule has 3 aromatic rings. The standard InChI is InChI=1S/C33H40O20/c34-7-17-22(39)25(42)28(45)31(50-17)49-13-5-15(37)20-16(6-13)47-10-14(21(20)38)11-1-3-12(4-2-11)48-33-30(27(44)24(41)19(9-36)52-33)53-32-29(46)26(43)23(40)18(8-35)51-32/h1-6,10,17-19,22-37,39-46H,7-9H2/t17-,18+,19+,22+,23+,24+,25-,26-,27-,28+,29+,30+,31+,32-,33+/m0/s1. The second kappa shape index (κ2) is 16.0. The van der Waals surface area contributed by atoms with Crippen LogP contribution in [-0.2, 0) is 18.9 Å². The summed E-state index contributed by atoms with van der Waals surface area (Å²) >= 11 is 0. The Morgan fingerprint density at radius 3 is 1.68 bits per heavy atom. The van der Waals surface area contributed by atoms with Crippen LogP contribution >= 0.6 is 0 Å². The monoisotopic (exact) mass is 756 g/mol. The van der Waals surface area contributed by atoms with Gasteiger partial charge in [0.15, 0.2) is 12.4 Å². The van der Waals surface area contributed by atoms with E-state index in [1.807, 2.05) is 0 Å². The Morgan fingerprint density at radius 1 is 0.585 bits per heavy atom. The predicted octanol–water partition coefficient (Wildman–Crippen LogP) is -4.65.